The molecule has 2 aliphatic heterocycles. The van der Waals surface area contributed by atoms with Gasteiger partial charge >= 0.3 is 6.09 Å². The Bertz CT molecular complexity index is 1500. The number of rotatable bonds is 8. The summed E-state index contributed by atoms with van der Waals surface area (Å²) >= 11 is 0. The van der Waals surface area contributed by atoms with Crippen molar-refractivity contribution in [2.75, 3.05) is 38.2 Å². The number of pyridine rings is 1. The van der Waals surface area contributed by atoms with E-state index in [1.54, 1.807) is 10.6 Å². The van der Waals surface area contributed by atoms with Gasteiger partial charge in [-0.15, -0.1) is 0 Å². The molecule has 2 aromatic carbocycles. The summed E-state index contributed by atoms with van der Waals surface area (Å²) in [6.07, 6.45) is 1.90. The fraction of sp³-hybridized carbons (Fsp3) is 0.469. The van der Waals surface area contributed by atoms with Crippen LogP contribution in [0.1, 0.15) is 44.7 Å². The van der Waals surface area contributed by atoms with Gasteiger partial charge in [0, 0.05) is 55.9 Å². The van der Waals surface area contributed by atoms with Crippen LogP contribution in [-0.4, -0.2) is 71.4 Å². The number of carbonyl (C=O) groups excluding carboxylic acids is 2. The number of fused-ring (bicyclic) bond motifs is 2. The Morgan fingerprint density at radius 3 is 2.50 bits per heavy atom. The Kier molecular flexibility index (Phi) is 8.72. The number of ether oxygens (including phenoxy) is 3. The Balaban J connectivity index is 1.27. The van der Waals surface area contributed by atoms with Crippen molar-refractivity contribution < 1.29 is 23.8 Å². The molecule has 0 aliphatic carbocycles. The van der Waals surface area contributed by atoms with Crippen LogP contribution in [0.3, 0.4) is 0 Å². The molecule has 0 saturated carbocycles. The van der Waals surface area contributed by atoms with E-state index in [2.05, 4.69) is 10.2 Å². The molecule has 2 aliphatic rings. The number of aryl methyl sites for hydroxylation is 1. The lowest BCUT2D eigenvalue weighted by atomic mass is 10.0. The van der Waals surface area contributed by atoms with Gasteiger partial charge in [0.2, 0.25) is 6.41 Å². The van der Waals surface area contributed by atoms with Gasteiger partial charge in [0.1, 0.15) is 18.8 Å². The first kappa shape index (κ1) is 29.4. The number of benzene rings is 2. The van der Waals surface area contributed by atoms with Crippen LogP contribution < -0.4 is 20.3 Å². The molecule has 10 nitrogen and oxygen atoms in total. The number of aromatic nitrogens is 1. The van der Waals surface area contributed by atoms with Gasteiger partial charge in [-0.2, -0.15) is 0 Å². The fourth-order valence-electron chi connectivity index (χ4n) is 5.68. The monoisotopic (exact) mass is 576 g/mol. The molecular formula is C32H40N4O6. The topological polar surface area (TPSA) is 102 Å². The van der Waals surface area contributed by atoms with E-state index < -0.39 is 5.60 Å². The van der Waals surface area contributed by atoms with Crippen LogP contribution in [0, 0.1) is 6.92 Å². The summed E-state index contributed by atoms with van der Waals surface area (Å²) in [5, 5.41) is 3.66. The first-order valence-corrected chi connectivity index (χ1v) is 14.6. The molecule has 3 aromatic rings. The summed E-state index contributed by atoms with van der Waals surface area (Å²) in [6, 6.07) is 13.1. The maximum absolute atomic E-state index is 13.4. The molecule has 224 valence electrons. The highest BCUT2D eigenvalue weighted by Crippen LogP contribution is 2.32. The summed E-state index contributed by atoms with van der Waals surface area (Å²) in [4.78, 5) is 41.5. The van der Waals surface area contributed by atoms with Crippen LogP contribution in [0.2, 0.25) is 0 Å². The van der Waals surface area contributed by atoms with Gasteiger partial charge in [-0.05, 0) is 75.9 Å². The summed E-state index contributed by atoms with van der Waals surface area (Å²) in [5.41, 5.74) is 2.66. The Morgan fingerprint density at radius 2 is 1.79 bits per heavy atom. The zero-order valence-corrected chi connectivity index (χ0v) is 24.9. The third-order valence-electron chi connectivity index (χ3n) is 7.77. The highest BCUT2D eigenvalue weighted by Gasteiger charge is 2.31. The molecule has 1 saturated heterocycles. The molecule has 1 aromatic heterocycles. The maximum Gasteiger partial charge on any atom is 0.410 e. The lowest BCUT2D eigenvalue weighted by molar-refractivity contribution is -0.105. The van der Waals surface area contributed by atoms with Crippen molar-refractivity contribution >= 4 is 29.1 Å². The number of hydrogen-bond acceptors (Lipinski definition) is 7. The van der Waals surface area contributed by atoms with Crippen molar-refractivity contribution in [1.29, 1.82) is 0 Å². The largest absolute Gasteiger partial charge is 0.486 e. The van der Waals surface area contributed by atoms with Gasteiger partial charge < -0.3 is 33.9 Å². The molecule has 0 bridgehead atoms. The second-order valence-corrected chi connectivity index (χ2v) is 12.0. The predicted molar refractivity (Wildman–Crippen MR) is 161 cm³/mol. The molecule has 0 radical (unpaired) electrons. The third-order valence-corrected chi connectivity index (χ3v) is 7.77. The summed E-state index contributed by atoms with van der Waals surface area (Å²) < 4.78 is 19.0. The molecule has 1 fully saturated rings. The van der Waals surface area contributed by atoms with Crippen LogP contribution in [0.4, 0.5) is 10.5 Å². The Labute approximate surface area is 246 Å². The van der Waals surface area contributed by atoms with E-state index in [1.165, 1.54) is 0 Å². The molecule has 10 heteroatoms. The number of piperidine rings is 1. The van der Waals surface area contributed by atoms with Crippen LogP contribution >= 0.6 is 0 Å². The van der Waals surface area contributed by atoms with Crippen molar-refractivity contribution in [3.8, 4) is 11.5 Å². The van der Waals surface area contributed by atoms with Crippen LogP contribution in [0.5, 0.6) is 11.5 Å². The first-order valence-electron chi connectivity index (χ1n) is 14.6. The van der Waals surface area contributed by atoms with Crippen molar-refractivity contribution in [2.45, 2.75) is 65.3 Å². The molecule has 0 unspecified atom stereocenters. The molecule has 0 spiro atoms. The zero-order valence-electron chi connectivity index (χ0n) is 24.9. The van der Waals surface area contributed by atoms with Crippen molar-refractivity contribution in [2.24, 2.45) is 0 Å². The number of anilines is 1. The SMILES string of the molecule is Cc1cc(=O)n(CCN2CCC(N(Cc3ccc4c(c3)OCCO4)C(=O)OC(C)(C)C)CC2)c2cc(NC=O)ccc12. The van der Waals surface area contributed by atoms with Gasteiger partial charge in [-0.1, -0.05) is 12.1 Å². The first-order chi connectivity index (χ1) is 20.1. The molecule has 1 N–H and O–H groups in total. The number of hydrogen-bond donors (Lipinski definition) is 1. The molecule has 42 heavy (non-hydrogen) atoms. The van der Waals surface area contributed by atoms with Gasteiger partial charge in [0.05, 0.1) is 5.52 Å². The molecule has 2 amide bonds. The zero-order chi connectivity index (χ0) is 29.9. The lowest BCUT2D eigenvalue weighted by Gasteiger charge is -2.39. The van der Waals surface area contributed by atoms with E-state index in [0.717, 1.165) is 53.7 Å². The third kappa shape index (κ3) is 6.87. The molecule has 0 atom stereocenters. The van der Waals surface area contributed by atoms with Crippen LogP contribution in [0.15, 0.2) is 47.3 Å². The van der Waals surface area contributed by atoms with E-state index in [4.69, 9.17) is 14.2 Å². The van der Waals surface area contributed by atoms with Gasteiger partial charge in [0.25, 0.3) is 5.56 Å². The number of amides is 2. The average Bonchev–Trinajstić information content (AvgIpc) is 2.95. The van der Waals surface area contributed by atoms with Gasteiger partial charge in [-0.25, -0.2) is 4.79 Å². The van der Waals surface area contributed by atoms with Crippen molar-refractivity contribution in [1.82, 2.24) is 14.4 Å². The van der Waals surface area contributed by atoms with E-state index in [0.29, 0.717) is 50.7 Å². The number of nitrogens with zero attached hydrogens (tertiary/aromatic N) is 3. The highest BCUT2D eigenvalue weighted by molar-refractivity contribution is 5.87. The summed E-state index contributed by atoms with van der Waals surface area (Å²) in [6.45, 7) is 11.8. The molecular weight excluding hydrogens is 536 g/mol. The van der Waals surface area contributed by atoms with E-state index >= 15 is 0 Å². The minimum Gasteiger partial charge on any atom is -0.486 e. The summed E-state index contributed by atoms with van der Waals surface area (Å²) in [7, 11) is 0. The Morgan fingerprint density at radius 1 is 1.05 bits per heavy atom. The number of likely N-dealkylation sites (tertiary alicyclic amines) is 1. The lowest BCUT2D eigenvalue weighted by Crippen LogP contribution is -2.49. The van der Waals surface area contributed by atoms with Crippen LogP contribution in [-0.2, 0) is 22.6 Å². The standard InChI is InChI=1S/C32H40N4O6/c1-22-17-30(38)35(27-19-24(33-21-37)6-7-26(22)27)14-13-34-11-9-25(10-12-34)36(31(39)42-32(2,3)4)20-23-5-8-28-29(18-23)41-16-15-40-28/h5-8,17-19,21,25H,9-16,20H2,1-4H3,(H,33,37). The van der Waals surface area contributed by atoms with E-state index in [1.807, 2.05) is 69.0 Å². The average molecular weight is 577 g/mol. The van der Waals surface area contributed by atoms with Crippen molar-refractivity contribution in [3.63, 3.8) is 0 Å². The highest BCUT2D eigenvalue weighted by atomic mass is 16.6. The minimum atomic E-state index is -0.603. The van der Waals surface area contributed by atoms with Gasteiger partial charge in [0.15, 0.2) is 11.5 Å². The quantitative estimate of drug-likeness (QED) is 0.393. The van der Waals surface area contributed by atoms with Crippen molar-refractivity contribution in [3.05, 3.63) is 63.9 Å². The van der Waals surface area contributed by atoms with Crippen LogP contribution in [0.25, 0.3) is 10.9 Å². The normalized spacial score (nSPS) is 15.8. The smallest absolute Gasteiger partial charge is 0.410 e. The second kappa shape index (κ2) is 12.4. The predicted octanol–water partition coefficient (Wildman–Crippen LogP) is 4.55. The molecule has 5 rings (SSSR count). The molecule has 3 heterocycles. The number of carbonyl (C=O) groups is 2. The second-order valence-electron chi connectivity index (χ2n) is 12.0. The van der Waals surface area contributed by atoms with E-state index in [-0.39, 0.29) is 17.7 Å². The van der Waals surface area contributed by atoms with Gasteiger partial charge in [-0.3, -0.25) is 9.59 Å². The Hall–Kier alpha value is -4.05. The summed E-state index contributed by atoms with van der Waals surface area (Å²) in [5.74, 6) is 1.42. The van der Waals surface area contributed by atoms with E-state index in [9.17, 15) is 14.4 Å². The maximum atomic E-state index is 13.4. The number of nitrogens with one attached hydrogen (secondary N) is 1. The fourth-order valence-corrected chi connectivity index (χ4v) is 5.68. The minimum absolute atomic E-state index is 0.0178.